The maximum absolute atomic E-state index is 13.5. The van der Waals surface area contributed by atoms with Crippen molar-refractivity contribution in [1.82, 2.24) is 20.4 Å². The van der Waals surface area contributed by atoms with E-state index in [2.05, 4.69) is 10.6 Å². The van der Waals surface area contributed by atoms with E-state index in [4.69, 9.17) is 14.2 Å². The topological polar surface area (TPSA) is 144 Å². The highest BCUT2D eigenvalue weighted by Gasteiger charge is 2.29. The highest BCUT2D eigenvalue weighted by atomic mass is 16.6. The normalized spacial score (nSPS) is 18.6. The third-order valence-electron chi connectivity index (χ3n) is 9.61. The maximum Gasteiger partial charge on any atom is 0.410 e. The number of carbonyl (C=O) groups is 5. The number of hydrogen-bond acceptors (Lipinski definition) is 8. The lowest BCUT2D eigenvalue weighted by Gasteiger charge is -2.33. The molecule has 1 aliphatic carbocycles. The van der Waals surface area contributed by atoms with E-state index >= 15 is 0 Å². The van der Waals surface area contributed by atoms with Crippen LogP contribution in [0.15, 0.2) is 24.3 Å². The van der Waals surface area contributed by atoms with Crippen LogP contribution < -0.4 is 15.4 Å². The summed E-state index contributed by atoms with van der Waals surface area (Å²) in [7, 11) is 0. The van der Waals surface area contributed by atoms with Gasteiger partial charge in [0.25, 0.3) is 0 Å². The number of aldehydes is 1. The fourth-order valence-corrected chi connectivity index (χ4v) is 6.79. The molecule has 4 rings (SSSR count). The van der Waals surface area contributed by atoms with Crippen molar-refractivity contribution in [2.45, 2.75) is 122 Å². The number of para-hydroxylation sites is 1. The van der Waals surface area contributed by atoms with Gasteiger partial charge in [-0.05, 0) is 58.4 Å². The van der Waals surface area contributed by atoms with Gasteiger partial charge in [0.1, 0.15) is 30.3 Å². The number of carbonyl (C=O) groups excluding carboxylic acids is 5. The van der Waals surface area contributed by atoms with E-state index in [1.165, 1.54) is 19.3 Å². The van der Waals surface area contributed by atoms with Crippen LogP contribution in [0.5, 0.6) is 5.75 Å². The fraction of sp³-hybridized carbons (Fsp3) is 0.703. The molecule has 0 radical (unpaired) electrons. The predicted octanol–water partition coefficient (Wildman–Crippen LogP) is 5.36. The zero-order valence-corrected chi connectivity index (χ0v) is 29.6. The molecule has 1 unspecified atom stereocenters. The number of hydrogen-bond donors (Lipinski definition) is 2. The lowest BCUT2D eigenvalue weighted by Crippen LogP contribution is -2.44. The minimum atomic E-state index is -0.784. The zero-order chi connectivity index (χ0) is 35.2. The second-order valence-corrected chi connectivity index (χ2v) is 14.6. The zero-order valence-electron chi connectivity index (χ0n) is 29.6. The summed E-state index contributed by atoms with van der Waals surface area (Å²) in [6.07, 6.45) is 8.84. The summed E-state index contributed by atoms with van der Waals surface area (Å²) in [6.45, 7) is 7.91. The number of amides is 4. The summed E-state index contributed by atoms with van der Waals surface area (Å²) >= 11 is 0. The fourth-order valence-electron chi connectivity index (χ4n) is 6.79. The average molecular weight is 685 g/mol. The minimum Gasteiger partial charge on any atom is -0.491 e. The number of fused-ring (bicyclic) bond motifs is 1. The summed E-state index contributed by atoms with van der Waals surface area (Å²) in [5, 5.41) is 5.68. The Labute approximate surface area is 290 Å². The standard InChI is InChI=1S/C37H56N4O8/c1-37(2,3)49-36(46)40-21-18-31(19-22-40)48-35(45)38-20-17-28(14-13-27-9-5-4-6-10-27)34(44)39-30(26-42)15-16-33(43)41-23-24-47-32-12-8-7-11-29(32)25-41/h7-8,11-12,26-28,30-31H,4-6,9-10,13-25H2,1-3H3,(H,38,45)(H,39,44)/t28?,30-/m0/s1. The largest absolute Gasteiger partial charge is 0.491 e. The molecule has 2 aliphatic heterocycles. The van der Waals surface area contributed by atoms with E-state index in [0.717, 1.165) is 30.6 Å². The van der Waals surface area contributed by atoms with Gasteiger partial charge >= 0.3 is 12.2 Å². The summed E-state index contributed by atoms with van der Waals surface area (Å²) in [5.41, 5.74) is 0.370. The van der Waals surface area contributed by atoms with Gasteiger partial charge in [0.05, 0.1) is 12.6 Å². The van der Waals surface area contributed by atoms with Crippen LogP contribution in [-0.2, 0) is 30.4 Å². The smallest absolute Gasteiger partial charge is 0.410 e. The molecular weight excluding hydrogens is 628 g/mol. The SMILES string of the molecule is CC(C)(C)OC(=O)N1CCC(OC(=O)NCCC(CCC2CCCCC2)C(=O)N[C@H](C=O)CCC(=O)N2CCOc3ccccc3C2)CC1. The van der Waals surface area contributed by atoms with Crippen LogP contribution in [0.3, 0.4) is 0 Å². The van der Waals surface area contributed by atoms with Crippen molar-refractivity contribution in [2.75, 3.05) is 32.8 Å². The van der Waals surface area contributed by atoms with Gasteiger partial charge in [-0.1, -0.05) is 50.3 Å². The first kappa shape index (κ1) is 38.0. The Morgan fingerprint density at radius 3 is 2.41 bits per heavy atom. The number of likely N-dealkylation sites (tertiary alicyclic amines) is 1. The van der Waals surface area contributed by atoms with Crippen LogP contribution in [0, 0.1) is 11.8 Å². The molecule has 0 spiro atoms. The second kappa shape index (κ2) is 18.8. The van der Waals surface area contributed by atoms with Crippen molar-refractivity contribution in [1.29, 1.82) is 0 Å². The van der Waals surface area contributed by atoms with Crippen molar-refractivity contribution in [3.05, 3.63) is 29.8 Å². The Morgan fingerprint density at radius 1 is 0.959 bits per heavy atom. The van der Waals surface area contributed by atoms with E-state index in [9.17, 15) is 24.0 Å². The molecule has 1 saturated heterocycles. The number of nitrogens with one attached hydrogen (secondary N) is 2. The van der Waals surface area contributed by atoms with Crippen molar-refractivity contribution in [3.63, 3.8) is 0 Å². The molecule has 12 heteroatoms. The molecule has 2 fully saturated rings. The molecule has 1 aromatic rings. The van der Waals surface area contributed by atoms with Gasteiger partial charge in [0.2, 0.25) is 11.8 Å². The minimum absolute atomic E-state index is 0.0894. The molecule has 4 amide bonds. The molecule has 2 heterocycles. The summed E-state index contributed by atoms with van der Waals surface area (Å²) in [4.78, 5) is 67.0. The van der Waals surface area contributed by atoms with Crippen LogP contribution in [-0.4, -0.2) is 90.6 Å². The van der Waals surface area contributed by atoms with Gasteiger partial charge in [-0.15, -0.1) is 0 Å². The van der Waals surface area contributed by atoms with Gasteiger partial charge in [-0.3, -0.25) is 9.59 Å². The number of nitrogens with zero attached hydrogens (tertiary/aromatic N) is 2. The summed E-state index contributed by atoms with van der Waals surface area (Å²) in [5.74, 6) is 0.640. The van der Waals surface area contributed by atoms with Crippen molar-refractivity contribution >= 4 is 30.3 Å². The van der Waals surface area contributed by atoms with Crippen LogP contribution in [0.4, 0.5) is 9.59 Å². The molecule has 49 heavy (non-hydrogen) atoms. The quantitative estimate of drug-likeness (QED) is 0.264. The number of ether oxygens (including phenoxy) is 3. The van der Waals surface area contributed by atoms with Gasteiger partial charge in [-0.25, -0.2) is 9.59 Å². The monoisotopic (exact) mass is 684 g/mol. The molecule has 2 N–H and O–H groups in total. The Morgan fingerprint density at radius 2 is 1.69 bits per heavy atom. The summed E-state index contributed by atoms with van der Waals surface area (Å²) < 4.78 is 16.8. The molecular formula is C37H56N4O8. The van der Waals surface area contributed by atoms with E-state index in [1.807, 2.05) is 45.0 Å². The molecule has 1 aromatic carbocycles. The second-order valence-electron chi connectivity index (χ2n) is 14.6. The van der Waals surface area contributed by atoms with Crippen LogP contribution in [0.2, 0.25) is 0 Å². The van der Waals surface area contributed by atoms with Gasteiger partial charge in [0, 0.05) is 56.9 Å². The van der Waals surface area contributed by atoms with Crippen LogP contribution >= 0.6 is 0 Å². The number of benzene rings is 1. The van der Waals surface area contributed by atoms with E-state index < -0.39 is 23.7 Å². The third-order valence-corrected chi connectivity index (χ3v) is 9.61. The first-order valence-electron chi connectivity index (χ1n) is 18.2. The average Bonchev–Trinajstić information content (AvgIpc) is 3.30. The van der Waals surface area contributed by atoms with E-state index in [0.29, 0.717) is 70.7 Å². The highest BCUT2D eigenvalue weighted by molar-refractivity contribution is 5.82. The first-order chi connectivity index (χ1) is 23.5. The lowest BCUT2D eigenvalue weighted by molar-refractivity contribution is -0.133. The molecule has 0 bridgehead atoms. The number of alkyl carbamates (subject to hydrolysis) is 1. The van der Waals surface area contributed by atoms with Crippen molar-refractivity contribution < 1.29 is 38.2 Å². The number of rotatable bonds is 13. The maximum atomic E-state index is 13.5. The molecule has 3 aliphatic rings. The predicted molar refractivity (Wildman–Crippen MR) is 184 cm³/mol. The first-order valence-corrected chi connectivity index (χ1v) is 18.2. The Balaban J connectivity index is 1.23. The molecule has 1 saturated carbocycles. The highest BCUT2D eigenvalue weighted by Crippen LogP contribution is 2.29. The Hall–Kier alpha value is -3.83. The van der Waals surface area contributed by atoms with Crippen molar-refractivity contribution in [3.8, 4) is 5.75 Å². The Bertz CT molecular complexity index is 1250. The Kier molecular flexibility index (Phi) is 14.6. The van der Waals surface area contributed by atoms with Gasteiger partial charge in [0.15, 0.2) is 0 Å². The summed E-state index contributed by atoms with van der Waals surface area (Å²) in [6, 6.07) is 6.86. The van der Waals surface area contributed by atoms with E-state index in [1.54, 1.807) is 9.80 Å². The van der Waals surface area contributed by atoms with E-state index in [-0.39, 0.29) is 43.4 Å². The van der Waals surface area contributed by atoms with Crippen LogP contribution in [0.1, 0.15) is 103 Å². The molecule has 0 aromatic heterocycles. The number of piperidine rings is 1. The third kappa shape index (κ3) is 12.9. The molecule has 12 nitrogen and oxygen atoms in total. The van der Waals surface area contributed by atoms with Gasteiger partial charge in [-0.2, -0.15) is 0 Å². The molecule has 272 valence electrons. The molecule has 2 atom stereocenters. The van der Waals surface area contributed by atoms with Crippen molar-refractivity contribution in [2.24, 2.45) is 11.8 Å². The van der Waals surface area contributed by atoms with Gasteiger partial charge < -0.3 is 39.4 Å². The van der Waals surface area contributed by atoms with Crippen LogP contribution in [0.25, 0.3) is 0 Å². The lowest BCUT2D eigenvalue weighted by atomic mass is 9.83.